The Hall–Kier alpha value is -4.13. The van der Waals surface area contributed by atoms with Crippen LogP contribution in [0.1, 0.15) is 16.7 Å². The summed E-state index contributed by atoms with van der Waals surface area (Å²) in [7, 11) is 3.05. The molecule has 0 radical (unpaired) electrons. The van der Waals surface area contributed by atoms with E-state index in [1.54, 1.807) is 18.2 Å². The van der Waals surface area contributed by atoms with Crippen molar-refractivity contribution in [3.8, 4) is 11.5 Å². The van der Waals surface area contributed by atoms with Gasteiger partial charge in [-0.2, -0.15) is 0 Å². The number of halogens is 1. The number of methoxy groups -OCH3 is 2. The third-order valence-electron chi connectivity index (χ3n) is 5.44. The van der Waals surface area contributed by atoms with Gasteiger partial charge in [0.2, 0.25) is 0 Å². The zero-order chi connectivity index (χ0) is 23.7. The van der Waals surface area contributed by atoms with Crippen LogP contribution in [-0.4, -0.2) is 26.0 Å². The van der Waals surface area contributed by atoms with E-state index in [4.69, 9.17) is 9.47 Å². The van der Waals surface area contributed by atoms with Gasteiger partial charge in [-0.25, -0.2) is 9.29 Å². The number of nitrogens with zero attached hydrogens (tertiary/aromatic N) is 1. The molecule has 0 aliphatic carbocycles. The third-order valence-corrected chi connectivity index (χ3v) is 5.44. The number of rotatable bonds is 6. The standard InChI is InChI=1S/C26H23FN2O4/c1-15-5-10-22(16(2)11-15)23-24(28-18-12-20(32-3)14-21(13-18)33-4)26(31)29(25(23)30)19-8-6-17(27)7-9-19/h5-14,28H,1-4H3. The lowest BCUT2D eigenvalue weighted by atomic mass is 9.97. The number of hydrogen-bond acceptors (Lipinski definition) is 5. The molecule has 168 valence electrons. The van der Waals surface area contributed by atoms with E-state index in [2.05, 4.69) is 5.32 Å². The summed E-state index contributed by atoms with van der Waals surface area (Å²) in [5.74, 6) is -0.433. The second-order valence-corrected chi connectivity index (χ2v) is 7.72. The minimum atomic E-state index is -0.539. The second-order valence-electron chi connectivity index (χ2n) is 7.72. The van der Waals surface area contributed by atoms with Crippen molar-refractivity contribution in [3.63, 3.8) is 0 Å². The minimum absolute atomic E-state index is 0.117. The summed E-state index contributed by atoms with van der Waals surface area (Å²) in [6.07, 6.45) is 0. The largest absolute Gasteiger partial charge is 0.497 e. The summed E-state index contributed by atoms with van der Waals surface area (Å²) < 4.78 is 24.1. The van der Waals surface area contributed by atoms with Gasteiger partial charge in [0.1, 0.15) is 23.0 Å². The van der Waals surface area contributed by atoms with Crippen molar-refractivity contribution in [2.75, 3.05) is 24.4 Å². The third kappa shape index (κ3) is 4.17. The molecule has 1 aliphatic rings. The molecule has 0 bridgehead atoms. The van der Waals surface area contributed by atoms with Gasteiger partial charge in [0, 0.05) is 23.9 Å². The zero-order valence-corrected chi connectivity index (χ0v) is 18.7. The molecule has 7 heteroatoms. The molecule has 1 aliphatic heterocycles. The predicted octanol–water partition coefficient (Wildman–Crippen LogP) is 4.86. The predicted molar refractivity (Wildman–Crippen MR) is 125 cm³/mol. The number of carbonyl (C=O) groups excluding carboxylic acids is 2. The molecule has 0 saturated heterocycles. The minimum Gasteiger partial charge on any atom is -0.497 e. The Bertz CT molecular complexity index is 1260. The van der Waals surface area contributed by atoms with Crippen LogP contribution in [-0.2, 0) is 9.59 Å². The van der Waals surface area contributed by atoms with Crippen LogP contribution in [0, 0.1) is 19.7 Å². The van der Waals surface area contributed by atoms with Crippen LogP contribution in [0.4, 0.5) is 15.8 Å². The van der Waals surface area contributed by atoms with E-state index >= 15 is 0 Å². The van der Waals surface area contributed by atoms with Gasteiger partial charge in [-0.3, -0.25) is 9.59 Å². The van der Waals surface area contributed by atoms with Gasteiger partial charge >= 0.3 is 0 Å². The molecule has 0 unspecified atom stereocenters. The number of anilines is 2. The summed E-state index contributed by atoms with van der Waals surface area (Å²) in [4.78, 5) is 28.1. The molecule has 0 atom stereocenters. The quantitative estimate of drug-likeness (QED) is 0.548. The van der Waals surface area contributed by atoms with E-state index in [1.807, 2.05) is 32.0 Å². The van der Waals surface area contributed by atoms with E-state index in [0.717, 1.165) is 16.0 Å². The van der Waals surface area contributed by atoms with Gasteiger partial charge < -0.3 is 14.8 Å². The van der Waals surface area contributed by atoms with Crippen LogP contribution in [0.15, 0.2) is 66.4 Å². The molecule has 3 aromatic rings. The summed E-state index contributed by atoms with van der Waals surface area (Å²) in [5.41, 5.74) is 3.70. The monoisotopic (exact) mass is 446 g/mol. The van der Waals surface area contributed by atoms with Crippen LogP contribution >= 0.6 is 0 Å². The maximum Gasteiger partial charge on any atom is 0.282 e. The van der Waals surface area contributed by atoms with Crippen LogP contribution in [0.5, 0.6) is 11.5 Å². The lowest BCUT2D eigenvalue weighted by molar-refractivity contribution is -0.120. The number of ether oxygens (including phenoxy) is 2. The first-order valence-corrected chi connectivity index (χ1v) is 10.3. The number of hydrogen-bond donors (Lipinski definition) is 1. The Morgan fingerprint density at radius 2 is 1.45 bits per heavy atom. The average molecular weight is 446 g/mol. The number of benzene rings is 3. The van der Waals surface area contributed by atoms with Crippen molar-refractivity contribution < 1.29 is 23.5 Å². The van der Waals surface area contributed by atoms with Crippen molar-refractivity contribution in [3.05, 3.63) is 88.9 Å². The summed E-state index contributed by atoms with van der Waals surface area (Å²) >= 11 is 0. The molecule has 0 aromatic heterocycles. The lowest BCUT2D eigenvalue weighted by Gasteiger charge is -2.16. The summed E-state index contributed by atoms with van der Waals surface area (Å²) in [5, 5.41) is 3.11. The normalized spacial score (nSPS) is 13.5. The molecule has 6 nitrogen and oxygen atoms in total. The van der Waals surface area contributed by atoms with E-state index in [0.29, 0.717) is 22.7 Å². The van der Waals surface area contributed by atoms with Crippen LogP contribution in [0.2, 0.25) is 0 Å². The van der Waals surface area contributed by atoms with Crippen LogP contribution in [0.3, 0.4) is 0 Å². The van der Waals surface area contributed by atoms with Gasteiger partial charge in [0.05, 0.1) is 25.5 Å². The van der Waals surface area contributed by atoms with Crippen molar-refractivity contribution >= 4 is 28.8 Å². The van der Waals surface area contributed by atoms with Gasteiger partial charge in [-0.15, -0.1) is 0 Å². The number of imide groups is 1. The highest BCUT2D eigenvalue weighted by Gasteiger charge is 2.40. The van der Waals surface area contributed by atoms with Crippen molar-refractivity contribution in [2.24, 2.45) is 0 Å². The van der Waals surface area contributed by atoms with E-state index in [1.165, 1.54) is 38.5 Å². The molecule has 3 aromatic carbocycles. The fourth-order valence-electron chi connectivity index (χ4n) is 3.84. The molecule has 0 spiro atoms. The highest BCUT2D eigenvalue weighted by atomic mass is 19.1. The molecular formula is C26H23FN2O4. The Morgan fingerprint density at radius 1 is 0.818 bits per heavy atom. The molecule has 0 saturated carbocycles. The van der Waals surface area contributed by atoms with Gasteiger partial charge in [-0.1, -0.05) is 23.8 Å². The molecule has 1 heterocycles. The Labute approximate surface area is 191 Å². The molecule has 2 amide bonds. The molecule has 33 heavy (non-hydrogen) atoms. The first-order valence-electron chi connectivity index (χ1n) is 10.3. The van der Waals surface area contributed by atoms with Crippen LogP contribution < -0.4 is 19.7 Å². The smallest absolute Gasteiger partial charge is 0.282 e. The Kier molecular flexibility index (Phi) is 5.87. The van der Waals surface area contributed by atoms with Crippen molar-refractivity contribution in [1.29, 1.82) is 0 Å². The Morgan fingerprint density at radius 3 is 2.03 bits per heavy atom. The topological polar surface area (TPSA) is 67.9 Å². The molecule has 1 N–H and O–H groups in total. The van der Waals surface area contributed by atoms with Gasteiger partial charge in [0.15, 0.2) is 0 Å². The first-order chi connectivity index (χ1) is 15.8. The fourth-order valence-corrected chi connectivity index (χ4v) is 3.84. The molecule has 4 rings (SSSR count). The lowest BCUT2D eigenvalue weighted by Crippen LogP contribution is -2.32. The number of carbonyl (C=O) groups is 2. The van der Waals surface area contributed by atoms with Crippen LogP contribution in [0.25, 0.3) is 5.57 Å². The van der Waals surface area contributed by atoms with Gasteiger partial charge in [-0.05, 0) is 49.2 Å². The fraction of sp³-hybridized carbons (Fsp3) is 0.154. The second kappa shape index (κ2) is 8.78. The highest BCUT2D eigenvalue weighted by molar-refractivity contribution is 6.46. The first kappa shape index (κ1) is 22.1. The van der Waals surface area contributed by atoms with Crippen molar-refractivity contribution in [1.82, 2.24) is 0 Å². The Balaban J connectivity index is 1.86. The zero-order valence-electron chi connectivity index (χ0n) is 18.7. The maximum atomic E-state index is 13.5. The molecule has 0 fully saturated rings. The summed E-state index contributed by atoms with van der Waals surface area (Å²) in [6.45, 7) is 3.85. The average Bonchev–Trinajstić information content (AvgIpc) is 3.03. The molecular weight excluding hydrogens is 423 g/mol. The maximum absolute atomic E-state index is 13.5. The highest BCUT2D eigenvalue weighted by Crippen LogP contribution is 2.36. The SMILES string of the molecule is COc1cc(NC2=C(c3ccc(C)cc3C)C(=O)N(c3ccc(F)cc3)C2=O)cc(OC)c1. The number of aryl methyl sites for hydroxylation is 2. The number of nitrogens with one attached hydrogen (secondary N) is 1. The van der Waals surface area contributed by atoms with Gasteiger partial charge in [0.25, 0.3) is 11.8 Å². The van der Waals surface area contributed by atoms with E-state index in [9.17, 15) is 14.0 Å². The van der Waals surface area contributed by atoms with E-state index in [-0.39, 0.29) is 17.0 Å². The van der Waals surface area contributed by atoms with E-state index < -0.39 is 17.6 Å². The summed E-state index contributed by atoms with van der Waals surface area (Å²) in [6, 6.07) is 16.0. The number of amides is 2. The van der Waals surface area contributed by atoms with Crippen molar-refractivity contribution in [2.45, 2.75) is 13.8 Å².